The number of allylic oxidation sites excluding steroid dienone is 1. The van der Waals surface area contributed by atoms with Gasteiger partial charge >= 0.3 is 0 Å². The number of carbonyl (C=O) groups excluding carboxylic acids is 2. The number of anilines is 1. The highest BCUT2D eigenvalue weighted by molar-refractivity contribution is 7.99. The maximum atomic E-state index is 14.1. The molecule has 2 aliphatic carbocycles. The van der Waals surface area contributed by atoms with Crippen LogP contribution in [0.15, 0.2) is 48.6 Å². The minimum Gasteiger partial charge on any atom is -0.490 e. The number of halogens is 1. The van der Waals surface area contributed by atoms with Crippen LogP contribution in [0.4, 0.5) is 5.69 Å². The Morgan fingerprint density at radius 2 is 1.93 bits per heavy atom. The van der Waals surface area contributed by atoms with Crippen molar-refractivity contribution in [3.8, 4) is 5.75 Å². The second-order valence-corrected chi connectivity index (χ2v) is 20.1. The van der Waals surface area contributed by atoms with E-state index in [1.807, 2.05) is 32.2 Å². The number of piperazine rings is 1. The summed E-state index contributed by atoms with van der Waals surface area (Å²) in [6.07, 6.45) is 13.5. The second-order valence-electron chi connectivity index (χ2n) is 17.3. The highest BCUT2D eigenvalue weighted by Crippen LogP contribution is 2.49. The molecule has 1 unspecified atom stereocenters. The van der Waals surface area contributed by atoms with Gasteiger partial charge < -0.3 is 19.3 Å². The molecular weight excluding hydrogens is 720 g/mol. The first-order valence-electron chi connectivity index (χ1n) is 20.1. The van der Waals surface area contributed by atoms with Crippen molar-refractivity contribution in [2.75, 3.05) is 57.9 Å². The lowest BCUT2D eigenvalue weighted by molar-refractivity contribution is -0.146. The molecule has 292 valence electrons. The van der Waals surface area contributed by atoms with Crippen LogP contribution in [0.1, 0.15) is 86.7 Å². The van der Waals surface area contributed by atoms with Gasteiger partial charge in [0.1, 0.15) is 11.4 Å². The molecule has 11 heteroatoms. The quantitative estimate of drug-likeness (QED) is 0.291. The minimum atomic E-state index is -2.99. The van der Waals surface area contributed by atoms with Gasteiger partial charge in [0.05, 0.1) is 28.5 Å². The summed E-state index contributed by atoms with van der Waals surface area (Å²) in [6.45, 7) is 8.80. The van der Waals surface area contributed by atoms with Crippen molar-refractivity contribution in [2.45, 2.75) is 93.9 Å². The summed E-state index contributed by atoms with van der Waals surface area (Å²) in [4.78, 5) is 34.2. The van der Waals surface area contributed by atoms with Gasteiger partial charge in [-0.3, -0.25) is 19.2 Å². The molecule has 9 nitrogen and oxygen atoms in total. The van der Waals surface area contributed by atoms with Crippen molar-refractivity contribution in [1.82, 2.24) is 14.5 Å². The van der Waals surface area contributed by atoms with Gasteiger partial charge in [-0.2, -0.15) is 0 Å². The number of nitrogens with zero attached hydrogens (tertiary/aromatic N) is 3. The number of fused-ring (bicyclic) bond motifs is 5. The van der Waals surface area contributed by atoms with Gasteiger partial charge in [0.2, 0.25) is 5.91 Å². The van der Waals surface area contributed by atoms with E-state index < -0.39 is 15.3 Å². The molecular formula is C43H57ClN4O5S. The predicted molar refractivity (Wildman–Crippen MR) is 217 cm³/mol. The highest BCUT2D eigenvalue weighted by Gasteiger charge is 2.50. The molecule has 1 N–H and O–H groups in total. The first-order valence-corrected chi connectivity index (χ1v) is 22.3. The van der Waals surface area contributed by atoms with Gasteiger partial charge in [0.15, 0.2) is 0 Å². The predicted octanol–water partition coefficient (Wildman–Crippen LogP) is 6.27. The van der Waals surface area contributed by atoms with E-state index in [1.165, 1.54) is 11.1 Å². The average Bonchev–Trinajstić information content (AvgIpc) is 3.29. The third kappa shape index (κ3) is 6.98. The van der Waals surface area contributed by atoms with E-state index >= 15 is 0 Å². The summed E-state index contributed by atoms with van der Waals surface area (Å²) >= 11 is 6.52. The minimum absolute atomic E-state index is 0.0149. The van der Waals surface area contributed by atoms with Crippen LogP contribution in [0, 0.1) is 17.8 Å². The molecule has 0 aromatic heterocycles. The van der Waals surface area contributed by atoms with Crippen molar-refractivity contribution >= 4 is 44.7 Å². The highest BCUT2D eigenvalue weighted by atomic mass is 35.5. The van der Waals surface area contributed by atoms with Gasteiger partial charge in [0, 0.05) is 67.1 Å². The van der Waals surface area contributed by atoms with Crippen LogP contribution < -0.4 is 14.4 Å². The number of carbonyl (C=O) groups is 2. The lowest BCUT2D eigenvalue weighted by Gasteiger charge is -2.53. The van der Waals surface area contributed by atoms with E-state index in [0.717, 1.165) is 94.0 Å². The fourth-order valence-corrected chi connectivity index (χ4v) is 12.2. The number of aryl methyl sites for hydroxylation is 1. The number of methoxy groups -OCH3 is 1. The van der Waals surface area contributed by atoms with E-state index in [9.17, 15) is 13.8 Å². The van der Waals surface area contributed by atoms with E-state index in [2.05, 4.69) is 56.5 Å². The van der Waals surface area contributed by atoms with Crippen LogP contribution in [0.2, 0.25) is 5.02 Å². The SMILES string of the molecule is C=S1(=O)NC(=O)c2ccc3c(c2)N(C[C@@H]2CC[C@H]2[C@@](CN2CC(=O)N4CCCC[C@@H]4C2)(OC)/C=C/C[C@H](C)[C@H]1C)C[C@@]1(CCCc2cc(Cl)ccc21)CO3. The van der Waals surface area contributed by atoms with Crippen LogP contribution in [-0.4, -0.2) is 102 Å². The van der Waals surface area contributed by atoms with Gasteiger partial charge in [-0.15, -0.1) is 0 Å². The van der Waals surface area contributed by atoms with Crippen molar-refractivity contribution in [3.05, 3.63) is 70.3 Å². The maximum absolute atomic E-state index is 14.1. The monoisotopic (exact) mass is 776 g/mol. The fraction of sp³-hybridized carbons (Fsp3) is 0.605. The fourth-order valence-electron chi connectivity index (χ4n) is 10.5. The summed E-state index contributed by atoms with van der Waals surface area (Å²) < 4.78 is 30.4. The van der Waals surface area contributed by atoms with E-state index in [-0.39, 0.29) is 40.4 Å². The Balaban J connectivity index is 1.19. The molecule has 4 aliphatic heterocycles. The molecule has 1 spiro atoms. The molecule has 8 rings (SSSR count). The summed E-state index contributed by atoms with van der Waals surface area (Å²) in [6, 6.07) is 12.2. The van der Waals surface area contributed by atoms with Crippen LogP contribution in [0.5, 0.6) is 5.75 Å². The molecule has 8 atom stereocenters. The number of benzene rings is 2. The lowest BCUT2D eigenvalue weighted by atomic mass is 9.63. The number of amides is 2. The zero-order chi connectivity index (χ0) is 37.8. The molecule has 2 aromatic rings. The number of nitrogens with one attached hydrogen (secondary N) is 1. The molecule has 3 fully saturated rings. The number of ether oxygens (including phenoxy) is 2. The van der Waals surface area contributed by atoms with Crippen molar-refractivity contribution in [2.24, 2.45) is 17.8 Å². The molecule has 54 heavy (non-hydrogen) atoms. The van der Waals surface area contributed by atoms with Crippen LogP contribution in [-0.2, 0) is 31.1 Å². The topological polar surface area (TPSA) is 91.4 Å². The van der Waals surface area contributed by atoms with Crippen molar-refractivity contribution < 1.29 is 23.3 Å². The third-order valence-corrected chi connectivity index (χ3v) is 16.4. The number of piperidine rings is 1. The first-order chi connectivity index (χ1) is 25.9. The second kappa shape index (κ2) is 14.8. The molecule has 2 saturated heterocycles. The van der Waals surface area contributed by atoms with Gasteiger partial charge in [0.25, 0.3) is 5.91 Å². The molecule has 6 aliphatic rings. The smallest absolute Gasteiger partial charge is 0.262 e. The Kier molecular flexibility index (Phi) is 10.4. The van der Waals surface area contributed by atoms with Crippen LogP contribution in [0.25, 0.3) is 0 Å². The Morgan fingerprint density at radius 1 is 1.07 bits per heavy atom. The molecule has 2 amide bonds. The summed E-state index contributed by atoms with van der Waals surface area (Å²) in [5, 5.41) is 0.382. The zero-order valence-corrected chi connectivity index (χ0v) is 33.8. The third-order valence-electron chi connectivity index (χ3n) is 14.0. The van der Waals surface area contributed by atoms with E-state index in [4.69, 9.17) is 21.1 Å². The van der Waals surface area contributed by atoms with Crippen LogP contribution in [0.3, 0.4) is 0 Å². The largest absolute Gasteiger partial charge is 0.490 e. The summed E-state index contributed by atoms with van der Waals surface area (Å²) in [5.74, 6) is 5.16. The van der Waals surface area contributed by atoms with Gasteiger partial charge in [-0.05, 0) is 130 Å². The van der Waals surface area contributed by atoms with Crippen molar-refractivity contribution in [1.29, 1.82) is 0 Å². The average molecular weight is 777 g/mol. The van der Waals surface area contributed by atoms with E-state index in [1.54, 1.807) is 6.07 Å². The molecule has 0 radical (unpaired) electrons. The summed E-state index contributed by atoms with van der Waals surface area (Å²) in [7, 11) is -1.16. The van der Waals surface area contributed by atoms with Crippen molar-refractivity contribution in [3.63, 3.8) is 0 Å². The Bertz CT molecular complexity index is 1920. The normalized spacial score (nSPS) is 36.5. The molecule has 1 saturated carbocycles. The standard InChI is InChI=1S/C43H57ClN4O5S/c1-29-9-7-19-43(52-3,27-46-24-35-11-5-6-20-48(35)40(49)25-46)37-15-12-33(37)23-47-26-42(18-8-10-31-21-34(44)14-16-36(31)42)28-53-39-17-13-32(22-38(39)47)41(50)45-54(4,51)30(29)2/h7,13-14,16-17,19,21-22,29-30,33,35,37H,4-6,8-12,15,18,20,23-28H2,1-3H3,(H,45,50,51)/b19-7+/t29-,30+,33-,35+,37+,42-,43+,54?/m0/s1. The van der Waals surface area contributed by atoms with E-state index in [0.29, 0.717) is 37.6 Å². The first kappa shape index (κ1) is 37.9. The molecule has 2 aromatic carbocycles. The summed E-state index contributed by atoms with van der Waals surface area (Å²) in [5.41, 5.74) is 3.03. The molecule has 4 heterocycles. The Labute approximate surface area is 326 Å². The number of hydrogen-bond donors (Lipinski definition) is 1. The Morgan fingerprint density at radius 3 is 2.72 bits per heavy atom. The van der Waals surface area contributed by atoms with Gasteiger partial charge in [-0.1, -0.05) is 36.7 Å². The maximum Gasteiger partial charge on any atom is 0.262 e. The lowest BCUT2D eigenvalue weighted by Crippen LogP contribution is -2.63. The Hall–Kier alpha value is -3.05. The number of hydrogen-bond acceptors (Lipinski definition) is 7. The number of rotatable bonds is 3. The van der Waals surface area contributed by atoms with Gasteiger partial charge in [-0.25, -0.2) is 4.21 Å². The molecule has 2 bridgehead atoms. The van der Waals surface area contributed by atoms with Crippen LogP contribution >= 0.6 is 11.6 Å². The zero-order valence-electron chi connectivity index (χ0n) is 32.2.